The summed E-state index contributed by atoms with van der Waals surface area (Å²) in [4.78, 5) is 11.4. The van der Waals surface area contributed by atoms with Gasteiger partial charge in [0.05, 0.1) is 5.25 Å². The van der Waals surface area contributed by atoms with Gasteiger partial charge in [0.2, 0.25) is 0 Å². The minimum Gasteiger partial charge on any atom is -0.459 e. The number of ether oxygens (including phenoxy) is 1. The first-order valence-corrected chi connectivity index (χ1v) is 6.86. The van der Waals surface area contributed by atoms with Crippen LogP contribution in [0.25, 0.3) is 0 Å². The zero-order valence-corrected chi connectivity index (χ0v) is 11.3. The van der Waals surface area contributed by atoms with E-state index in [1.807, 2.05) is 0 Å². The molecule has 0 fully saturated rings. The van der Waals surface area contributed by atoms with Gasteiger partial charge in [-0.25, -0.2) is 8.42 Å². The van der Waals surface area contributed by atoms with Crippen LogP contribution < -0.4 is 5.73 Å². The Morgan fingerprint density at radius 2 is 1.75 bits per heavy atom. The quantitative estimate of drug-likeness (QED) is 0.734. The molecule has 0 spiro atoms. The highest BCUT2D eigenvalue weighted by molar-refractivity contribution is 7.92. The molecule has 2 unspecified atom stereocenters. The van der Waals surface area contributed by atoms with E-state index in [2.05, 4.69) is 0 Å². The normalized spacial score (nSPS) is 16.6. The standard InChI is InChI=1S/C10H21NO4S/c1-7(11)8(2)16(13,14)6-9(12)15-10(3,4)5/h7-8H,6,11H2,1-5H3. The van der Waals surface area contributed by atoms with Gasteiger partial charge in [0.25, 0.3) is 0 Å². The summed E-state index contributed by atoms with van der Waals surface area (Å²) in [7, 11) is -3.53. The molecule has 0 aromatic heterocycles. The number of rotatable bonds is 4. The van der Waals surface area contributed by atoms with E-state index < -0.39 is 38.5 Å². The Bertz CT molecular complexity index is 340. The summed E-state index contributed by atoms with van der Waals surface area (Å²) in [6.45, 7) is 8.15. The SMILES string of the molecule is CC(N)C(C)S(=O)(=O)CC(=O)OC(C)(C)C. The van der Waals surface area contributed by atoms with Crippen molar-refractivity contribution in [3.63, 3.8) is 0 Å². The smallest absolute Gasteiger partial charge is 0.321 e. The van der Waals surface area contributed by atoms with Crippen LogP contribution in [0, 0.1) is 0 Å². The molecule has 0 aromatic rings. The van der Waals surface area contributed by atoms with Crippen LogP contribution in [0.1, 0.15) is 34.6 Å². The highest BCUT2D eigenvalue weighted by atomic mass is 32.2. The molecule has 5 nitrogen and oxygen atoms in total. The fourth-order valence-corrected chi connectivity index (χ4v) is 2.30. The van der Waals surface area contributed by atoms with Gasteiger partial charge in [0, 0.05) is 6.04 Å². The Morgan fingerprint density at radius 1 is 1.31 bits per heavy atom. The van der Waals surface area contributed by atoms with Gasteiger partial charge in [-0.15, -0.1) is 0 Å². The molecule has 0 bridgehead atoms. The van der Waals surface area contributed by atoms with E-state index in [9.17, 15) is 13.2 Å². The lowest BCUT2D eigenvalue weighted by molar-refractivity contribution is -0.151. The molecular weight excluding hydrogens is 230 g/mol. The molecule has 2 atom stereocenters. The molecule has 0 aromatic carbocycles. The van der Waals surface area contributed by atoms with Crippen molar-refractivity contribution in [1.29, 1.82) is 0 Å². The average molecular weight is 251 g/mol. The second kappa shape index (κ2) is 5.14. The summed E-state index contributed by atoms with van der Waals surface area (Å²) >= 11 is 0. The van der Waals surface area contributed by atoms with Gasteiger partial charge in [-0.1, -0.05) is 0 Å². The second-order valence-electron chi connectivity index (χ2n) is 4.96. The maximum atomic E-state index is 11.7. The first kappa shape index (κ1) is 15.4. The molecule has 2 N–H and O–H groups in total. The molecule has 0 rings (SSSR count). The van der Waals surface area contributed by atoms with Crippen LogP contribution >= 0.6 is 0 Å². The number of hydrogen-bond donors (Lipinski definition) is 1. The molecule has 0 amide bonds. The van der Waals surface area contributed by atoms with E-state index in [0.29, 0.717) is 0 Å². The topological polar surface area (TPSA) is 86.5 Å². The Balaban J connectivity index is 4.56. The molecule has 0 radical (unpaired) electrons. The molecule has 0 aliphatic rings. The zero-order valence-electron chi connectivity index (χ0n) is 10.5. The maximum absolute atomic E-state index is 11.7. The fourth-order valence-electron chi connectivity index (χ4n) is 0.994. The lowest BCUT2D eigenvalue weighted by atomic mass is 10.2. The van der Waals surface area contributed by atoms with Crippen LogP contribution in [0.15, 0.2) is 0 Å². The molecular formula is C10H21NO4S. The predicted molar refractivity (Wildman–Crippen MR) is 62.7 cm³/mol. The minimum atomic E-state index is -3.53. The molecule has 0 saturated heterocycles. The number of hydrogen-bond acceptors (Lipinski definition) is 5. The van der Waals surface area contributed by atoms with Crippen LogP contribution in [-0.4, -0.2) is 37.0 Å². The predicted octanol–water partition coefficient (Wildman–Crippen LogP) is 0.479. The van der Waals surface area contributed by atoms with E-state index in [1.165, 1.54) is 6.92 Å². The van der Waals surface area contributed by atoms with Gasteiger partial charge >= 0.3 is 5.97 Å². The molecule has 0 saturated carbocycles. The maximum Gasteiger partial charge on any atom is 0.321 e. The minimum absolute atomic E-state index is 0.507. The van der Waals surface area contributed by atoms with Gasteiger partial charge in [-0.3, -0.25) is 4.79 Å². The van der Waals surface area contributed by atoms with Crippen molar-refractivity contribution in [2.75, 3.05) is 5.75 Å². The number of nitrogens with two attached hydrogens (primary N) is 1. The van der Waals surface area contributed by atoms with Crippen molar-refractivity contribution in [2.45, 2.75) is 51.5 Å². The van der Waals surface area contributed by atoms with E-state index in [0.717, 1.165) is 0 Å². The fraction of sp³-hybridized carbons (Fsp3) is 0.900. The third kappa shape index (κ3) is 5.46. The zero-order chi connectivity index (χ0) is 13.1. The van der Waals surface area contributed by atoms with Crippen LogP contribution in [-0.2, 0) is 19.4 Å². The third-order valence-electron chi connectivity index (χ3n) is 2.05. The summed E-state index contributed by atoms with van der Waals surface area (Å²) in [5.74, 6) is -1.35. The van der Waals surface area contributed by atoms with Crippen LogP contribution in [0.3, 0.4) is 0 Å². The highest BCUT2D eigenvalue weighted by Crippen LogP contribution is 2.11. The van der Waals surface area contributed by atoms with Crippen LogP contribution in [0.2, 0.25) is 0 Å². The summed E-state index contributed by atoms with van der Waals surface area (Å²) in [5.41, 5.74) is 4.82. The molecule has 6 heteroatoms. The molecule has 0 heterocycles. The van der Waals surface area contributed by atoms with Gasteiger partial charge in [-0.05, 0) is 34.6 Å². The Morgan fingerprint density at radius 3 is 2.06 bits per heavy atom. The molecule has 16 heavy (non-hydrogen) atoms. The molecule has 0 aliphatic carbocycles. The second-order valence-corrected chi connectivity index (χ2v) is 7.32. The molecule has 0 aliphatic heterocycles. The van der Waals surface area contributed by atoms with E-state index in [4.69, 9.17) is 10.5 Å². The summed E-state index contributed by atoms with van der Waals surface area (Å²) in [5, 5.41) is -0.750. The first-order valence-electron chi connectivity index (χ1n) is 5.15. The lowest BCUT2D eigenvalue weighted by Gasteiger charge is -2.21. The number of carbonyl (C=O) groups excluding carboxylic acids is 1. The Hall–Kier alpha value is -0.620. The van der Waals surface area contributed by atoms with Crippen molar-refractivity contribution in [3.05, 3.63) is 0 Å². The van der Waals surface area contributed by atoms with Crippen molar-refractivity contribution in [2.24, 2.45) is 5.73 Å². The van der Waals surface area contributed by atoms with Crippen molar-refractivity contribution in [3.8, 4) is 0 Å². The van der Waals surface area contributed by atoms with Gasteiger partial charge in [-0.2, -0.15) is 0 Å². The van der Waals surface area contributed by atoms with Crippen molar-refractivity contribution < 1.29 is 17.9 Å². The Kier molecular flexibility index (Phi) is 4.94. The van der Waals surface area contributed by atoms with Crippen molar-refractivity contribution >= 4 is 15.8 Å². The molecule has 96 valence electrons. The van der Waals surface area contributed by atoms with Gasteiger partial charge in [0.15, 0.2) is 9.84 Å². The van der Waals surface area contributed by atoms with Crippen LogP contribution in [0.4, 0.5) is 0 Å². The summed E-state index contributed by atoms with van der Waals surface area (Å²) < 4.78 is 28.3. The average Bonchev–Trinajstić information content (AvgIpc) is 1.97. The van der Waals surface area contributed by atoms with E-state index in [-0.39, 0.29) is 0 Å². The first-order chi connectivity index (χ1) is 6.96. The largest absolute Gasteiger partial charge is 0.459 e. The monoisotopic (exact) mass is 251 g/mol. The van der Waals surface area contributed by atoms with Crippen molar-refractivity contribution in [1.82, 2.24) is 0 Å². The van der Waals surface area contributed by atoms with Gasteiger partial charge < -0.3 is 10.5 Å². The van der Waals surface area contributed by atoms with Gasteiger partial charge in [0.1, 0.15) is 11.4 Å². The number of carbonyl (C=O) groups is 1. The number of sulfone groups is 1. The Labute approximate surface area is 97.3 Å². The van der Waals surface area contributed by atoms with Crippen LogP contribution in [0.5, 0.6) is 0 Å². The van der Waals surface area contributed by atoms with E-state index >= 15 is 0 Å². The summed E-state index contributed by atoms with van der Waals surface area (Å²) in [6, 6.07) is -0.507. The highest BCUT2D eigenvalue weighted by Gasteiger charge is 2.29. The number of esters is 1. The van der Waals surface area contributed by atoms with E-state index in [1.54, 1.807) is 27.7 Å². The third-order valence-corrected chi connectivity index (χ3v) is 4.25. The lowest BCUT2D eigenvalue weighted by Crippen LogP contribution is -2.40. The summed E-state index contributed by atoms with van der Waals surface area (Å²) in [6.07, 6.45) is 0.